The van der Waals surface area contributed by atoms with E-state index in [0.29, 0.717) is 10.1 Å². The van der Waals surface area contributed by atoms with Gasteiger partial charge in [0.05, 0.1) is 17.8 Å². The Kier molecular flexibility index (Phi) is 3.59. The van der Waals surface area contributed by atoms with Crippen molar-refractivity contribution in [2.75, 3.05) is 7.11 Å². The highest BCUT2D eigenvalue weighted by atomic mass is 35.5. The van der Waals surface area contributed by atoms with Gasteiger partial charge in [0.15, 0.2) is 5.76 Å². The number of allylic oxidation sites excluding steroid dienone is 1. The van der Waals surface area contributed by atoms with Gasteiger partial charge in [-0.05, 0) is 18.6 Å². The summed E-state index contributed by atoms with van der Waals surface area (Å²) in [6, 6.07) is 2.17. The second-order valence-corrected chi connectivity index (χ2v) is 4.48. The summed E-state index contributed by atoms with van der Waals surface area (Å²) in [7, 11) is 1.35. The van der Waals surface area contributed by atoms with Gasteiger partial charge in [-0.25, -0.2) is 13.8 Å². The maximum atomic E-state index is 13.9. The third-order valence-corrected chi connectivity index (χ3v) is 2.93. The molecule has 0 amide bonds. The van der Waals surface area contributed by atoms with E-state index in [-0.39, 0.29) is 22.2 Å². The van der Waals surface area contributed by atoms with Crippen LogP contribution in [0.25, 0.3) is 11.3 Å². The summed E-state index contributed by atoms with van der Waals surface area (Å²) in [5, 5.41) is 10.0. The second kappa shape index (κ2) is 5.05. The second-order valence-electron chi connectivity index (χ2n) is 4.07. The number of aromatic hydroxyl groups is 1. The van der Waals surface area contributed by atoms with Crippen LogP contribution in [0.5, 0.6) is 11.6 Å². The van der Waals surface area contributed by atoms with E-state index in [9.17, 15) is 14.3 Å². The third-order valence-electron chi connectivity index (χ3n) is 2.64. The van der Waals surface area contributed by atoms with E-state index in [1.165, 1.54) is 13.2 Å². The number of hydrogen-bond donors (Lipinski definition) is 1. The topological polar surface area (TPSA) is 64.6 Å². The number of oxazole rings is 1. The molecule has 5 nitrogen and oxygen atoms in total. The molecule has 7 heteroatoms. The smallest absolute Gasteiger partial charge is 0.427 e. The molecule has 0 saturated heterocycles. The summed E-state index contributed by atoms with van der Waals surface area (Å²) in [5.74, 6) is -2.23. The van der Waals surface area contributed by atoms with Crippen molar-refractivity contribution in [1.29, 1.82) is 0 Å². The lowest BCUT2D eigenvalue weighted by Gasteiger charge is -2.08. The fourth-order valence-corrected chi connectivity index (χ4v) is 1.93. The number of methoxy groups -OCH3 is 1. The van der Waals surface area contributed by atoms with Crippen LogP contribution in [0, 0.1) is 5.82 Å². The molecule has 0 bridgehead atoms. The summed E-state index contributed by atoms with van der Waals surface area (Å²) in [4.78, 5) is 11.8. The van der Waals surface area contributed by atoms with Crippen molar-refractivity contribution in [1.82, 2.24) is 4.57 Å². The van der Waals surface area contributed by atoms with Crippen LogP contribution in [0.3, 0.4) is 0 Å². The fraction of sp³-hybridized carbons (Fsp3) is 0.154. The first-order valence-electron chi connectivity index (χ1n) is 5.51. The molecule has 0 radical (unpaired) electrons. The van der Waals surface area contributed by atoms with Gasteiger partial charge in [-0.2, -0.15) is 0 Å². The van der Waals surface area contributed by atoms with Gasteiger partial charge in [0, 0.05) is 6.07 Å². The van der Waals surface area contributed by atoms with Gasteiger partial charge in [-0.15, -0.1) is 0 Å². The first kappa shape index (κ1) is 14.2. The minimum atomic E-state index is -0.941. The number of hydrogen-bond acceptors (Lipinski definition) is 4. The van der Waals surface area contributed by atoms with E-state index < -0.39 is 17.5 Å². The quantitative estimate of drug-likeness (QED) is 0.946. The maximum Gasteiger partial charge on any atom is 0.427 e. The molecule has 0 atom stereocenters. The molecular formula is C13H11ClFNO4. The van der Waals surface area contributed by atoms with Crippen LogP contribution in [0.2, 0.25) is 5.02 Å². The van der Waals surface area contributed by atoms with Crippen LogP contribution in [0.15, 0.2) is 27.9 Å². The highest BCUT2D eigenvalue weighted by molar-refractivity contribution is 6.32. The maximum absolute atomic E-state index is 13.9. The number of aromatic nitrogens is 1. The van der Waals surface area contributed by atoms with E-state index >= 15 is 0 Å². The monoisotopic (exact) mass is 299 g/mol. The van der Waals surface area contributed by atoms with E-state index in [0.717, 1.165) is 6.07 Å². The number of rotatable bonds is 3. The molecule has 20 heavy (non-hydrogen) atoms. The fourth-order valence-electron chi connectivity index (χ4n) is 1.70. The molecule has 1 N–H and O–H groups in total. The zero-order valence-corrected chi connectivity index (χ0v) is 11.5. The molecule has 0 unspecified atom stereocenters. The van der Waals surface area contributed by atoms with Crippen LogP contribution in [-0.4, -0.2) is 16.8 Å². The molecule has 2 aromatic rings. The Labute approximate surface area is 118 Å². The van der Waals surface area contributed by atoms with Crippen LogP contribution in [0.1, 0.15) is 12.7 Å². The average molecular weight is 300 g/mol. The van der Waals surface area contributed by atoms with E-state index in [4.69, 9.17) is 20.8 Å². The molecule has 0 aliphatic rings. The molecule has 0 spiro atoms. The summed E-state index contributed by atoms with van der Waals surface area (Å²) < 4.78 is 24.4. The minimum Gasteiger partial charge on any atom is -0.495 e. The zero-order chi connectivity index (χ0) is 15.0. The van der Waals surface area contributed by atoms with Gasteiger partial charge in [0.1, 0.15) is 11.6 Å². The van der Waals surface area contributed by atoms with Gasteiger partial charge >= 0.3 is 5.76 Å². The first-order valence-corrected chi connectivity index (χ1v) is 5.88. The minimum absolute atomic E-state index is 0.0462. The number of ether oxygens (including phenoxy) is 1. The lowest BCUT2D eigenvalue weighted by molar-refractivity contribution is 0.411. The Morgan fingerprint density at radius 2 is 2.20 bits per heavy atom. The van der Waals surface area contributed by atoms with Crippen LogP contribution < -0.4 is 10.5 Å². The van der Waals surface area contributed by atoms with Crippen molar-refractivity contribution in [3.05, 3.63) is 45.9 Å². The Bertz CT molecular complexity index is 748. The lowest BCUT2D eigenvalue weighted by Crippen LogP contribution is -2.13. The number of halogens is 2. The van der Waals surface area contributed by atoms with E-state index in [2.05, 4.69) is 6.58 Å². The summed E-state index contributed by atoms with van der Waals surface area (Å²) in [6.07, 6.45) is 0. The van der Waals surface area contributed by atoms with Crippen molar-refractivity contribution in [3.63, 3.8) is 0 Å². The van der Waals surface area contributed by atoms with E-state index in [1.54, 1.807) is 6.92 Å². The highest BCUT2D eigenvalue weighted by Crippen LogP contribution is 2.32. The lowest BCUT2D eigenvalue weighted by atomic mass is 10.2. The Morgan fingerprint density at radius 3 is 2.70 bits per heavy atom. The first-order chi connectivity index (χ1) is 9.36. The van der Waals surface area contributed by atoms with Crippen molar-refractivity contribution >= 4 is 17.2 Å². The third kappa shape index (κ3) is 2.18. The SMILES string of the molecule is C=C(C)c1oc(=O)n(-c2cc(OC)c(Cl)cc2F)c1O. The van der Waals surface area contributed by atoms with Crippen molar-refractivity contribution in [3.8, 4) is 17.3 Å². The summed E-state index contributed by atoms with van der Waals surface area (Å²) in [5.41, 5.74) is 0.102. The molecule has 0 aliphatic heterocycles. The Morgan fingerprint density at radius 1 is 1.55 bits per heavy atom. The van der Waals surface area contributed by atoms with Crippen LogP contribution >= 0.6 is 11.6 Å². The van der Waals surface area contributed by atoms with Gasteiger partial charge in [-0.3, -0.25) is 0 Å². The normalized spacial score (nSPS) is 10.6. The molecule has 1 aromatic carbocycles. The van der Waals surface area contributed by atoms with E-state index in [1.807, 2.05) is 0 Å². The Balaban J connectivity index is 2.75. The Hall–Kier alpha value is -2.21. The highest BCUT2D eigenvalue weighted by Gasteiger charge is 2.21. The van der Waals surface area contributed by atoms with Crippen LogP contribution in [0.4, 0.5) is 4.39 Å². The average Bonchev–Trinajstić information content (AvgIpc) is 2.66. The van der Waals surface area contributed by atoms with Crippen molar-refractivity contribution in [2.24, 2.45) is 0 Å². The number of nitrogens with zero attached hydrogens (tertiary/aromatic N) is 1. The van der Waals surface area contributed by atoms with Gasteiger partial charge in [0.2, 0.25) is 5.88 Å². The molecule has 1 heterocycles. The van der Waals surface area contributed by atoms with Gasteiger partial charge < -0.3 is 14.3 Å². The molecule has 0 fully saturated rings. The van der Waals surface area contributed by atoms with Crippen LogP contribution in [-0.2, 0) is 0 Å². The molecular weight excluding hydrogens is 289 g/mol. The summed E-state index contributed by atoms with van der Waals surface area (Å²) >= 11 is 5.77. The molecule has 0 aliphatic carbocycles. The molecule has 1 aromatic heterocycles. The predicted octanol–water partition coefficient (Wildman–Crippen LogP) is 2.97. The molecule has 2 rings (SSSR count). The van der Waals surface area contributed by atoms with Gasteiger partial charge in [-0.1, -0.05) is 18.2 Å². The molecule has 106 valence electrons. The predicted molar refractivity (Wildman–Crippen MR) is 72.2 cm³/mol. The standard InChI is InChI=1S/C13H11ClFNO4/c1-6(2)11-12(17)16(13(18)20-11)9-5-10(19-3)7(14)4-8(9)15/h4-5,17H,1H2,2-3H3. The van der Waals surface area contributed by atoms with Crippen molar-refractivity contribution < 1.29 is 18.7 Å². The van der Waals surface area contributed by atoms with Gasteiger partial charge in [0.25, 0.3) is 0 Å². The zero-order valence-electron chi connectivity index (χ0n) is 10.7. The molecule has 0 saturated carbocycles. The largest absolute Gasteiger partial charge is 0.495 e. The van der Waals surface area contributed by atoms with Crippen molar-refractivity contribution in [2.45, 2.75) is 6.92 Å². The summed E-state index contributed by atoms with van der Waals surface area (Å²) in [6.45, 7) is 5.10. The number of benzene rings is 1.